The highest BCUT2D eigenvalue weighted by molar-refractivity contribution is 5.93. The second kappa shape index (κ2) is 3.94. The second-order valence-electron chi connectivity index (χ2n) is 3.76. The highest BCUT2D eigenvalue weighted by Gasteiger charge is 2.07. The number of hydrogen-bond acceptors (Lipinski definition) is 2. The number of aromatic nitrogens is 2. The summed E-state index contributed by atoms with van der Waals surface area (Å²) in [6.45, 7) is 0. The molecule has 0 N–H and O–H groups in total. The van der Waals surface area contributed by atoms with Crippen LogP contribution in [0.1, 0.15) is 0 Å². The molecule has 3 heteroatoms. The van der Waals surface area contributed by atoms with Gasteiger partial charge in [-0.25, -0.2) is 4.39 Å². The Balaban J connectivity index is 2.35. The lowest BCUT2D eigenvalue weighted by Crippen LogP contribution is -1.90. The second-order valence-corrected chi connectivity index (χ2v) is 3.76. The highest BCUT2D eigenvalue weighted by atomic mass is 19.1. The zero-order valence-electron chi connectivity index (χ0n) is 8.97. The third kappa shape index (κ3) is 1.65. The molecule has 0 amide bonds. The fraction of sp³-hybridized carbons (Fsp3) is 0. The molecular weight excluding hydrogens is 215 g/mol. The molecular formula is C14H9FN2. The van der Waals surface area contributed by atoms with Crippen molar-refractivity contribution < 1.29 is 4.39 Å². The monoisotopic (exact) mass is 224 g/mol. The molecule has 2 nitrogen and oxygen atoms in total. The van der Waals surface area contributed by atoms with Crippen LogP contribution in [-0.4, -0.2) is 10.2 Å². The fourth-order valence-electron chi connectivity index (χ4n) is 1.90. The lowest BCUT2D eigenvalue weighted by Gasteiger charge is -2.05. The van der Waals surface area contributed by atoms with Crippen molar-refractivity contribution in [3.8, 4) is 11.1 Å². The Kier molecular flexibility index (Phi) is 2.29. The topological polar surface area (TPSA) is 25.8 Å². The molecule has 2 aromatic carbocycles. The van der Waals surface area contributed by atoms with Gasteiger partial charge in [-0.05, 0) is 11.6 Å². The Labute approximate surface area is 97.7 Å². The van der Waals surface area contributed by atoms with Gasteiger partial charge in [0, 0.05) is 10.9 Å². The summed E-state index contributed by atoms with van der Waals surface area (Å²) in [5.41, 5.74) is 2.22. The molecule has 0 aliphatic rings. The SMILES string of the molecule is Fc1cccc2c(-c3ccccc3)cnnc12. The summed E-state index contributed by atoms with van der Waals surface area (Å²) in [5.74, 6) is -0.340. The van der Waals surface area contributed by atoms with Crippen LogP contribution in [0.4, 0.5) is 4.39 Å². The third-order valence-corrected chi connectivity index (χ3v) is 2.71. The molecule has 0 aliphatic carbocycles. The van der Waals surface area contributed by atoms with Crippen LogP contribution in [0.25, 0.3) is 22.0 Å². The Bertz CT molecular complexity index is 665. The fourth-order valence-corrected chi connectivity index (χ4v) is 1.90. The minimum Gasteiger partial charge on any atom is -0.205 e. The van der Waals surface area contributed by atoms with E-state index in [1.165, 1.54) is 6.07 Å². The van der Waals surface area contributed by atoms with Gasteiger partial charge in [-0.15, -0.1) is 5.10 Å². The molecule has 82 valence electrons. The average molecular weight is 224 g/mol. The lowest BCUT2D eigenvalue weighted by atomic mass is 10.0. The van der Waals surface area contributed by atoms with Crippen LogP contribution >= 0.6 is 0 Å². The van der Waals surface area contributed by atoms with E-state index < -0.39 is 0 Å². The maximum atomic E-state index is 13.6. The smallest absolute Gasteiger partial charge is 0.151 e. The summed E-state index contributed by atoms with van der Waals surface area (Å²) in [5, 5.41) is 8.49. The van der Waals surface area contributed by atoms with E-state index in [2.05, 4.69) is 10.2 Å². The molecule has 1 heterocycles. The summed E-state index contributed by atoms with van der Waals surface area (Å²) >= 11 is 0. The number of hydrogen-bond donors (Lipinski definition) is 0. The first-order valence-corrected chi connectivity index (χ1v) is 5.31. The van der Waals surface area contributed by atoms with Gasteiger partial charge < -0.3 is 0 Å². The average Bonchev–Trinajstić information content (AvgIpc) is 2.40. The van der Waals surface area contributed by atoms with Crippen LogP contribution in [0.3, 0.4) is 0 Å². The molecule has 0 aliphatic heterocycles. The molecule has 17 heavy (non-hydrogen) atoms. The summed E-state index contributed by atoms with van der Waals surface area (Å²) < 4.78 is 13.6. The Morgan fingerprint density at radius 1 is 0.882 bits per heavy atom. The summed E-state index contributed by atoms with van der Waals surface area (Å²) in [6, 6.07) is 14.7. The Morgan fingerprint density at radius 3 is 2.53 bits per heavy atom. The number of halogens is 1. The molecule has 0 unspecified atom stereocenters. The van der Waals surface area contributed by atoms with Crippen LogP contribution in [-0.2, 0) is 0 Å². The minimum atomic E-state index is -0.340. The molecule has 0 atom stereocenters. The van der Waals surface area contributed by atoms with E-state index >= 15 is 0 Å². The van der Waals surface area contributed by atoms with Gasteiger partial charge in [0.05, 0.1) is 6.20 Å². The maximum Gasteiger partial charge on any atom is 0.151 e. The zero-order valence-corrected chi connectivity index (χ0v) is 8.97. The molecule has 0 bridgehead atoms. The summed E-state index contributed by atoms with van der Waals surface area (Å²) in [6.07, 6.45) is 1.66. The predicted molar refractivity (Wildman–Crippen MR) is 64.9 cm³/mol. The van der Waals surface area contributed by atoms with Crippen LogP contribution in [0.2, 0.25) is 0 Å². The molecule has 0 saturated heterocycles. The van der Waals surface area contributed by atoms with Crippen molar-refractivity contribution in [2.24, 2.45) is 0 Å². The normalized spacial score (nSPS) is 10.6. The number of fused-ring (bicyclic) bond motifs is 1. The van der Waals surface area contributed by atoms with E-state index in [-0.39, 0.29) is 5.82 Å². The van der Waals surface area contributed by atoms with Crippen molar-refractivity contribution in [3.63, 3.8) is 0 Å². The van der Waals surface area contributed by atoms with Gasteiger partial charge in [-0.2, -0.15) is 5.10 Å². The van der Waals surface area contributed by atoms with Gasteiger partial charge in [0.15, 0.2) is 5.82 Å². The highest BCUT2D eigenvalue weighted by Crippen LogP contribution is 2.27. The number of nitrogens with zero attached hydrogens (tertiary/aromatic N) is 2. The van der Waals surface area contributed by atoms with Gasteiger partial charge >= 0.3 is 0 Å². The molecule has 0 spiro atoms. The van der Waals surface area contributed by atoms with Gasteiger partial charge in [-0.3, -0.25) is 0 Å². The predicted octanol–water partition coefficient (Wildman–Crippen LogP) is 3.44. The van der Waals surface area contributed by atoms with Crippen molar-refractivity contribution in [1.29, 1.82) is 0 Å². The molecule has 0 radical (unpaired) electrons. The Hall–Kier alpha value is -2.29. The van der Waals surface area contributed by atoms with E-state index in [1.807, 2.05) is 36.4 Å². The third-order valence-electron chi connectivity index (χ3n) is 2.71. The van der Waals surface area contributed by atoms with Crippen molar-refractivity contribution >= 4 is 10.9 Å². The quantitative estimate of drug-likeness (QED) is 0.632. The van der Waals surface area contributed by atoms with Crippen LogP contribution in [0.15, 0.2) is 54.7 Å². The van der Waals surface area contributed by atoms with Crippen molar-refractivity contribution in [2.75, 3.05) is 0 Å². The van der Waals surface area contributed by atoms with Crippen molar-refractivity contribution in [1.82, 2.24) is 10.2 Å². The first-order valence-electron chi connectivity index (χ1n) is 5.31. The Morgan fingerprint density at radius 2 is 1.71 bits per heavy atom. The number of benzene rings is 2. The van der Waals surface area contributed by atoms with Crippen LogP contribution in [0.5, 0.6) is 0 Å². The largest absolute Gasteiger partial charge is 0.205 e. The first kappa shape index (κ1) is 9.90. The van der Waals surface area contributed by atoms with Crippen molar-refractivity contribution in [3.05, 3.63) is 60.5 Å². The van der Waals surface area contributed by atoms with E-state index in [4.69, 9.17) is 0 Å². The standard InChI is InChI=1S/C14H9FN2/c15-13-8-4-7-11-12(9-16-17-14(11)13)10-5-2-1-3-6-10/h1-9H. The van der Waals surface area contributed by atoms with Gasteiger partial charge in [-0.1, -0.05) is 42.5 Å². The van der Waals surface area contributed by atoms with Gasteiger partial charge in [0.2, 0.25) is 0 Å². The van der Waals surface area contributed by atoms with E-state index in [9.17, 15) is 4.39 Å². The van der Waals surface area contributed by atoms with Crippen LogP contribution < -0.4 is 0 Å². The molecule has 3 rings (SSSR count). The lowest BCUT2D eigenvalue weighted by molar-refractivity contribution is 0.635. The minimum absolute atomic E-state index is 0.314. The van der Waals surface area contributed by atoms with Crippen LogP contribution in [0, 0.1) is 5.82 Å². The molecule has 0 fully saturated rings. The summed E-state index contributed by atoms with van der Waals surface area (Å²) in [7, 11) is 0. The molecule has 3 aromatic rings. The van der Waals surface area contributed by atoms with Crippen molar-refractivity contribution in [2.45, 2.75) is 0 Å². The molecule has 0 saturated carbocycles. The van der Waals surface area contributed by atoms with E-state index in [1.54, 1.807) is 12.3 Å². The zero-order chi connectivity index (χ0) is 11.7. The maximum absolute atomic E-state index is 13.6. The van der Waals surface area contributed by atoms with Gasteiger partial charge in [0.25, 0.3) is 0 Å². The van der Waals surface area contributed by atoms with Gasteiger partial charge in [0.1, 0.15) is 5.52 Å². The van der Waals surface area contributed by atoms with E-state index in [0.29, 0.717) is 5.52 Å². The van der Waals surface area contributed by atoms with E-state index in [0.717, 1.165) is 16.5 Å². The number of rotatable bonds is 1. The summed E-state index contributed by atoms with van der Waals surface area (Å²) in [4.78, 5) is 0. The molecule has 1 aromatic heterocycles. The first-order chi connectivity index (χ1) is 8.36.